The van der Waals surface area contributed by atoms with Gasteiger partial charge in [0.2, 0.25) is 5.91 Å². The van der Waals surface area contributed by atoms with E-state index in [1.54, 1.807) is 4.90 Å². The number of benzene rings is 1. The first-order valence-corrected chi connectivity index (χ1v) is 6.36. The molecule has 0 saturated carbocycles. The largest absolute Gasteiger partial charge is 0.399 e. The Morgan fingerprint density at radius 3 is 2.89 bits per heavy atom. The fraction of sp³-hybridized carbons (Fsp3) is 0.500. The molecule has 1 rings (SSSR count). The number of hydrogen-bond donors (Lipinski definition) is 2. The molecule has 0 atom stereocenters. The third-order valence-corrected chi connectivity index (χ3v) is 2.92. The normalized spacial score (nSPS) is 10.3. The molecule has 4 heteroatoms. The first kappa shape index (κ1) is 14.5. The quantitative estimate of drug-likeness (QED) is 0.565. The third kappa shape index (κ3) is 5.19. The van der Waals surface area contributed by atoms with Gasteiger partial charge in [0, 0.05) is 25.7 Å². The summed E-state index contributed by atoms with van der Waals surface area (Å²) < 4.78 is 0. The summed E-state index contributed by atoms with van der Waals surface area (Å²) in [7, 11) is 3.78. The molecular weight excluding hydrogens is 226 g/mol. The number of nitrogen functional groups attached to an aromatic ring is 1. The van der Waals surface area contributed by atoms with E-state index >= 15 is 0 Å². The summed E-state index contributed by atoms with van der Waals surface area (Å²) in [6.45, 7) is 1.74. The molecule has 0 aliphatic rings. The molecule has 3 N–H and O–H groups in total. The van der Waals surface area contributed by atoms with Crippen molar-refractivity contribution in [1.29, 1.82) is 0 Å². The van der Waals surface area contributed by atoms with Crippen molar-refractivity contribution in [1.82, 2.24) is 10.2 Å². The highest BCUT2D eigenvalue weighted by atomic mass is 16.2. The molecule has 4 nitrogen and oxygen atoms in total. The highest BCUT2D eigenvalue weighted by molar-refractivity contribution is 5.76. The third-order valence-electron chi connectivity index (χ3n) is 2.92. The second kappa shape index (κ2) is 7.71. The predicted octanol–water partition coefficient (Wildman–Crippen LogP) is 1.27. The molecular formula is C14H23N3O. The number of nitrogens with two attached hydrogens (primary N) is 1. The number of carbonyl (C=O) groups is 1. The first-order chi connectivity index (χ1) is 8.63. The predicted molar refractivity (Wildman–Crippen MR) is 75.4 cm³/mol. The highest BCUT2D eigenvalue weighted by Crippen LogP contribution is 2.09. The van der Waals surface area contributed by atoms with Crippen LogP contribution in [0.5, 0.6) is 0 Å². The summed E-state index contributed by atoms with van der Waals surface area (Å²) in [6.07, 6.45) is 2.27. The van der Waals surface area contributed by atoms with Crippen LogP contribution in [-0.2, 0) is 11.2 Å². The van der Waals surface area contributed by atoms with Crippen LogP contribution >= 0.6 is 0 Å². The molecule has 0 spiro atoms. The number of anilines is 1. The molecule has 0 heterocycles. The van der Waals surface area contributed by atoms with Crippen molar-refractivity contribution < 1.29 is 4.79 Å². The lowest BCUT2D eigenvalue weighted by Gasteiger charge is -2.17. The van der Waals surface area contributed by atoms with Crippen LogP contribution in [0.2, 0.25) is 0 Å². The van der Waals surface area contributed by atoms with Crippen LogP contribution in [0.1, 0.15) is 18.4 Å². The van der Waals surface area contributed by atoms with Crippen molar-refractivity contribution in [3.63, 3.8) is 0 Å². The van der Waals surface area contributed by atoms with Gasteiger partial charge in [-0.3, -0.25) is 4.79 Å². The number of aryl methyl sites for hydroxylation is 1. The van der Waals surface area contributed by atoms with Gasteiger partial charge in [0.15, 0.2) is 0 Å². The Labute approximate surface area is 109 Å². The van der Waals surface area contributed by atoms with E-state index in [0.29, 0.717) is 6.42 Å². The second-order valence-electron chi connectivity index (χ2n) is 4.52. The van der Waals surface area contributed by atoms with E-state index in [2.05, 4.69) is 5.32 Å². The Morgan fingerprint density at radius 1 is 1.44 bits per heavy atom. The average Bonchev–Trinajstić information content (AvgIpc) is 2.36. The van der Waals surface area contributed by atoms with Crippen LogP contribution in [0.15, 0.2) is 24.3 Å². The minimum absolute atomic E-state index is 0.188. The Bertz CT molecular complexity index is 379. The lowest BCUT2D eigenvalue weighted by Crippen LogP contribution is -2.29. The summed E-state index contributed by atoms with van der Waals surface area (Å²) in [5.74, 6) is 0.188. The van der Waals surface area contributed by atoms with Gasteiger partial charge in [-0.25, -0.2) is 0 Å². The van der Waals surface area contributed by atoms with Crippen molar-refractivity contribution in [2.75, 3.05) is 32.9 Å². The molecule has 1 aromatic carbocycles. The van der Waals surface area contributed by atoms with Gasteiger partial charge in [-0.1, -0.05) is 12.1 Å². The molecule has 1 aromatic rings. The lowest BCUT2D eigenvalue weighted by atomic mass is 10.1. The molecule has 0 aliphatic carbocycles. The van der Waals surface area contributed by atoms with Crippen LogP contribution < -0.4 is 11.1 Å². The van der Waals surface area contributed by atoms with Gasteiger partial charge < -0.3 is 16.0 Å². The van der Waals surface area contributed by atoms with E-state index in [1.165, 1.54) is 0 Å². The number of amides is 1. The van der Waals surface area contributed by atoms with Gasteiger partial charge in [-0.05, 0) is 44.1 Å². The molecule has 0 aliphatic heterocycles. The SMILES string of the molecule is CNCCCN(C)C(=O)CCc1cccc(N)c1. The van der Waals surface area contributed by atoms with Gasteiger partial charge in [-0.15, -0.1) is 0 Å². The van der Waals surface area contributed by atoms with Gasteiger partial charge in [-0.2, -0.15) is 0 Å². The van der Waals surface area contributed by atoms with Gasteiger partial charge in [0.05, 0.1) is 0 Å². The van der Waals surface area contributed by atoms with Crippen molar-refractivity contribution >= 4 is 11.6 Å². The zero-order valence-corrected chi connectivity index (χ0v) is 11.3. The Morgan fingerprint density at radius 2 is 2.22 bits per heavy atom. The van der Waals surface area contributed by atoms with E-state index in [0.717, 1.165) is 37.2 Å². The van der Waals surface area contributed by atoms with E-state index in [-0.39, 0.29) is 5.91 Å². The topological polar surface area (TPSA) is 58.4 Å². The molecule has 0 unspecified atom stereocenters. The molecule has 0 saturated heterocycles. The Balaban J connectivity index is 2.32. The zero-order chi connectivity index (χ0) is 13.4. The standard InChI is InChI=1S/C14H23N3O/c1-16-9-4-10-17(2)14(18)8-7-12-5-3-6-13(15)11-12/h3,5-6,11,16H,4,7-10,15H2,1-2H3. The first-order valence-electron chi connectivity index (χ1n) is 6.36. The number of carbonyl (C=O) groups excluding carboxylic acids is 1. The minimum atomic E-state index is 0.188. The summed E-state index contributed by atoms with van der Waals surface area (Å²) in [4.78, 5) is 13.7. The molecule has 100 valence electrons. The maximum atomic E-state index is 11.9. The van der Waals surface area contributed by atoms with Crippen LogP contribution in [0.4, 0.5) is 5.69 Å². The van der Waals surface area contributed by atoms with Crippen LogP contribution in [-0.4, -0.2) is 38.0 Å². The Hall–Kier alpha value is -1.55. The average molecular weight is 249 g/mol. The molecule has 0 bridgehead atoms. The number of hydrogen-bond acceptors (Lipinski definition) is 3. The zero-order valence-electron chi connectivity index (χ0n) is 11.3. The van der Waals surface area contributed by atoms with Crippen LogP contribution in [0.25, 0.3) is 0 Å². The lowest BCUT2D eigenvalue weighted by molar-refractivity contribution is -0.129. The molecule has 0 aromatic heterocycles. The monoisotopic (exact) mass is 249 g/mol. The highest BCUT2D eigenvalue weighted by Gasteiger charge is 2.08. The van der Waals surface area contributed by atoms with Gasteiger partial charge in [0.1, 0.15) is 0 Å². The minimum Gasteiger partial charge on any atom is -0.399 e. The van der Waals surface area contributed by atoms with Gasteiger partial charge >= 0.3 is 0 Å². The Kier molecular flexibility index (Phi) is 6.22. The molecule has 0 fully saturated rings. The van der Waals surface area contributed by atoms with Crippen molar-refractivity contribution in [3.05, 3.63) is 29.8 Å². The molecule has 1 amide bonds. The van der Waals surface area contributed by atoms with E-state index < -0.39 is 0 Å². The van der Waals surface area contributed by atoms with Crippen LogP contribution in [0.3, 0.4) is 0 Å². The summed E-state index contributed by atoms with van der Waals surface area (Å²) in [6, 6.07) is 7.71. The van der Waals surface area contributed by atoms with Crippen molar-refractivity contribution in [3.8, 4) is 0 Å². The summed E-state index contributed by atoms with van der Waals surface area (Å²) >= 11 is 0. The fourth-order valence-electron chi connectivity index (χ4n) is 1.81. The smallest absolute Gasteiger partial charge is 0.222 e. The van der Waals surface area contributed by atoms with E-state index in [4.69, 9.17) is 5.73 Å². The van der Waals surface area contributed by atoms with Crippen molar-refractivity contribution in [2.45, 2.75) is 19.3 Å². The van der Waals surface area contributed by atoms with Crippen molar-refractivity contribution in [2.24, 2.45) is 0 Å². The maximum absolute atomic E-state index is 11.9. The number of nitrogens with one attached hydrogen (secondary N) is 1. The number of rotatable bonds is 7. The fourth-order valence-corrected chi connectivity index (χ4v) is 1.81. The second-order valence-corrected chi connectivity index (χ2v) is 4.52. The number of nitrogens with zero attached hydrogens (tertiary/aromatic N) is 1. The summed E-state index contributed by atoms with van der Waals surface area (Å²) in [5, 5.41) is 3.07. The van der Waals surface area contributed by atoms with E-state index in [1.807, 2.05) is 38.4 Å². The van der Waals surface area contributed by atoms with Crippen LogP contribution in [0, 0.1) is 0 Å². The maximum Gasteiger partial charge on any atom is 0.222 e. The van der Waals surface area contributed by atoms with E-state index in [9.17, 15) is 4.79 Å². The van der Waals surface area contributed by atoms with Gasteiger partial charge in [0.25, 0.3) is 0 Å². The molecule has 0 radical (unpaired) electrons. The molecule has 18 heavy (non-hydrogen) atoms. The summed E-state index contributed by atoms with van der Waals surface area (Å²) in [5.41, 5.74) is 7.57.